The van der Waals surface area contributed by atoms with Crippen LogP contribution in [0.15, 0.2) is 92.8 Å². The zero-order chi connectivity index (χ0) is 49.2. The van der Waals surface area contributed by atoms with Crippen molar-refractivity contribution in [3.63, 3.8) is 0 Å². The number of hydrogen-bond acceptors (Lipinski definition) is 4. The van der Waals surface area contributed by atoms with Gasteiger partial charge in [-0.25, -0.2) is 0 Å². The Morgan fingerprint density at radius 2 is 0.433 bits per heavy atom. The molecule has 0 aliphatic rings. The largest absolute Gasteiger partial charge is 0 e. The number of nitrogens with zero attached hydrogens (tertiary/aromatic N) is 4. The summed E-state index contributed by atoms with van der Waals surface area (Å²) >= 11 is 4.26. The first-order chi connectivity index (χ1) is 30.1. The van der Waals surface area contributed by atoms with Crippen LogP contribution in [0.4, 0.5) is 22.7 Å². The average molecular weight is 1410 g/mol. The van der Waals surface area contributed by atoms with Crippen molar-refractivity contribution in [3.8, 4) is 0 Å². The third-order valence-electron chi connectivity index (χ3n) is 11.5. The predicted molar refractivity (Wildman–Crippen MR) is 285 cm³/mol. The summed E-state index contributed by atoms with van der Waals surface area (Å²) in [6.45, 7) is 44.2. The molecule has 4 rings (SSSR count). The van der Waals surface area contributed by atoms with Crippen molar-refractivity contribution in [2.75, 3.05) is 0 Å². The predicted octanol–water partition coefficient (Wildman–Crippen LogP) is 18.5. The average Bonchev–Trinajstić information content (AvgIpc) is 3.24. The van der Waals surface area contributed by atoms with Gasteiger partial charge in [0.15, 0.2) is 0 Å². The number of halogens is 2. The normalized spacial score (nSPS) is 12.1. The van der Waals surface area contributed by atoms with Gasteiger partial charge in [-0.3, -0.25) is 20.0 Å². The monoisotopic (exact) mass is 1410 g/mol. The van der Waals surface area contributed by atoms with Gasteiger partial charge in [-0.1, -0.05) is 184 Å². The van der Waals surface area contributed by atoms with Gasteiger partial charge >= 0.3 is 57.4 Å². The summed E-state index contributed by atoms with van der Waals surface area (Å²) in [5.74, 6) is 3.46. The van der Waals surface area contributed by atoms with Crippen molar-refractivity contribution < 1.29 is 78.4 Å². The van der Waals surface area contributed by atoms with Crippen LogP contribution in [-0.4, -0.2) is 22.8 Å². The molecule has 0 atom stereocenters. The minimum atomic E-state index is 0. The summed E-state index contributed by atoms with van der Waals surface area (Å²) in [4.78, 5) is 20.5. The number of hydrogen-bond donors (Lipinski definition) is 0. The van der Waals surface area contributed by atoms with E-state index in [1.54, 1.807) is 18.8 Å². The second-order valence-electron chi connectivity index (χ2n) is 19.2. The zero-order valence-corrected chi connectivity index (χ0v) is 52.7. The molecule has 384 valence electrons. The van der Waals surface area contributed by atoms with Crippen molar-refractivity contribution in [2.45, 2.75) is 186 Å². The Kier molecular flexibility index (Phi) is 35.9. The van der Waals surface area contributed by atoms with E-state index in [9.17, 15) is 0 Å². The van der Waals surface area contributed by atoms with Gasteiger partial charge in [-0.15, -0.1) is 0 Å². The number of benzene rings is 4. The van der Waals surface area contributed by atoms with Crippen LogP contribution in [0.3, 0.4) is 0 Å². The molecule has 0 amide bonds. The van der Waals surface area contributed by atoms with E-state index in [0.29, 0.717) is 47.3 Å². The van der Waals surface area contributed by atoms with Gasteiger partial charge in [0.2, 0.25) is 0 Å². The van der Waals surface area contributed by atoms with Gasteiger partial charge in [0.1, 0.15) is 0 Å². The van der Waals surface area contributed by atoms with Gasteiger partial charge in [-0.2, -0.15) is 0 Å². The Balaban J connectivity index is -0.00000109. The second-order valence-corrected chi connectivity index (χ2v) is 19.2. The Labute approximate surface area is 457 Å². The van der Waals surface area contributed by atoms with Crippen LogP contribution in [0.5, 0.6) is 0 Å². The van der Waals surface area contributed by atoms with Crippen molar-refractivity contribution in [1.29, 1.82) is 0 Å². The molecule has 67 heavy (non-hydrogen) atoms. The summed E-state index contributed by atoms with van der Waals surface area (Å²) in [5.41, 5.74) is 18.9. The molecule has 0 saturated carbocycles. The van der Waals surface area contributed by atoms with Crippen molar-refractivity contribution in [3.05, 3.63) is 132 Å². The molecule has 0 bridgehead atoms. The first kappa shape index (κ1) is 69.5. The van der Waals surface area contributed by atoms with E-state index in [1.807, 2.05) is 0 Å². The molecule has 0 heterocycles. The van der Waals surface area contributed by atoms with Crippen LogP contribution in [-0.2, 0) is 59.8 Å². The van der Waals surface area contributed by atoms with E-state index >= 15 is 0 Å². The third-order valence-corrected chi connectivity index (χ3v) is 11.5. The Morgan fingerprint density at radius 3 is 0.522 bits per heavy atom. The van der Waals surface area contributed by atoms with Gasteiger partial charge in [0.25, 0.3) is 0 Å². The number of para-hydroxylation sites is 4. The fourth-order valence-electron chi connectivity index (χ4n) is 7.56. The molecule has 0 unspecified atom stereocenters. The fourth-order valence-corrected chi connectivity index (χ4v) is 7.56. The van der Waals surface area contributed by atoms with Crippen LogP contribution in [0.2, 0.25) is 0 Å². The summed E-state index contributed by atoms with van der Waals surface area (Å²) in [6, 6.07) is 26.3. The van der Waals surface area contributed by atoms with Crippen molar-refractivity contribution >= 4 is 45.6 Å². The summed E-state index contributed by atoms with van der Waals surface area (Å²) in [6.07, 6.45) is 0. The van der Waals surface area contributed by atoms with E-state index in [1.165, 1.54) is 44.5 Å². The second kappa shape index (κ2) is 34.6. The molecule has 0 N–H and O–H groups in total. The van der Waals surface area contributed by atoms with E-state index in [2.05, 4.69) is 250 Å². The number of aliphatic imine (C=N–C) groups is 4. The van der Waals surface area contributed by atoms with Crippen LogP contribution >= 0.6 is 0 Å². The smallest absolute Gasteiger partial charge is 0 e. The molecule has 9 heteroatoms. The molecule has 0 fully saturated rings. The molecule has 0 spiro atoms. The molecule has 0 aliphatic heterocycles. The van der Waals surface area contributed by atoms with E-state index in [4.69, 9.17) is 20.0 Å². The maximum absolute atomic E-state index is 5.13. The maximum Gasteiger partial charge on any atom is 0 e. The van der Waals surface area contributed by atoms with Crippen LogP contribution in [0.25, 0.3) is 0 Å². The number of rotatable bonds is 14. The first-order valence-electron chi connectivity index (χ1n) is 23.1. The molecule has 0 radical (unpaired) electrons. The zero-order valence-electron chi connectivity index (χ0n) is 45.1. The van der Waals surface area contributed by atoms with Gasteiger partial charge in [0.05, 0.1) is 45.6 Å². The van der Waals surface area contributed by atoms with Gasteiger partial charge in [-0.05, 0) is 120 Å². The topological polar surface area (TPSA) is 49.4 Å². The Bertz CT molecular complexity index is 1780. The first-order valence-corrected chi connectivity index (χ1v) is 28.2. The van der Waals surface area contributed by atoms with Gasteiger partial charge < -0.3 is 14.9 Å². The standard InChI is InChI=1S/2C28H40N2.2CH3.Ag.2ClH.2Pt/c2*1-17(2)23-13-11-14-24(18(3)4)27(23)29-21(9)22(10)30-28-25(19(5)6)15-12-16-26(28)20(7)8;;;;;;;/h2*11-20H,1-10H3;2*1H3;;2*1H;;/q;;2*-1;+1;;;;+2. The molecular formula is C58H88AgCl2N4Pt2+. The molecule has 4 aromatic rings. The summed E-state index contributed by atoms with van der Waals surface area (Å²) in [5, 5.41) is 0. The van der Waals surface area contributed by atoms with Crippen LogP contribution in [0.1, 0.15) is 230 Å². The quantitative estimate of drug-likeness (QED) is 0.0686. The molecule has 4 nitrogen and oxygen atoms in total. The molecular weight excluding hydrogens is 1320 g/mol. The van der Waals surface area contributed by atoms with Crippen molar-refractivity contribution in [2.24, 2.45) is 20.0 Å². The summed E-state index contributed by atoms with van der Waals surface area (Å²) in [7, 11) is 7.95. The molecule has 4 aromatic carbocycles. The van der Waals surface area contributed by atoms with Crippen LogP contribution in [0, 0.1) is 33.5 Å². The van der Waals surface area contributed by atoms with Crippen LogP contribution < -0.4 is 0 Å². The molecule has 0 saturated heterocycles. The van der Waals surface area contributed by atoms with Gasteiger partial charge in [0, 0.05) is 21.1 Å². The minimum Gasteiger partial charge on any atom is 0 e. The van der Waals surface area contributed by atoms with Crippen molar-refractivity contribution in [1.82, 2.24) is 0 Å². The maximum atomic E-state index is 5.13. The SMILES string of the molecule is CC(=Nc1c(C(C)C)cccc1C(C)C)C(C)=Nc1c(C(C)C)cccc1C(C)C.CC(=Nc1c(C(C)C)cccc1C(C)C)C(C)=Nc1c(C(C)C)cccc1C(C)C.[CH3-].[CH3-].[ClH+][Ag].[ClH+][Pt+].[Pt]. The minimum absolute atomic E-state index is 0. The summed E-state index contributed by atoms with van der Waals surface area (Å²) < 4.78 is 0. The fraction of sp³-hybridized carbons (Fsp3) is 0.483. The van der Waals surface area contributed by atoms with E-state index in [-0.39, 0.29) is 35.9 Å². The third kappa shape index (κ3) is 20.5. The Morgan fingerprint density at radius 1 is 0.328 bits per heavy atom. The van der Waals surface area contributed by atoms with E-state index < -0.39 is 0 Å². The van der Waals surface area contributed by atoms with E-state index in [0.717, 1.165) is 45.6 Å². The Hall–Kier alpha value is -1.74. The molecule has 0 aliphatic carbocycles. The molecule has 0 aromatic heterocycles.